The lowest BCUT2D eigenvalue weighted by molar-refractivity contribution is -0.141. The van der Waals surface area contributed by atoms with Crippen LogP contribution in [0.1, 0.15) is 20.3 Å². The van der Waals surface area contributed by atoms with Crippen LogP contribution in [0.5, 0.6) is 5.75 Å². The lowest BCUT2D eigenvalue weighted by Gasteiger charge is -2.25. The molecule has 0 aliphatic carbocycles. The first-order valence-corrected chi connectivity index (χ1v) is 7.10. The number of rotatable bonds is 8. The van der Waals surface area contributed by atoms with Crippen LogP contribution in [0.4, 0.5) is 0 Å². The van der Waals surface area contributed by atoms with Crippen molar-refractivity contribution in [2.75, 3.05) is 26.8 Å². The maximum absolute atomic E-state index is 11.2. The van der Waals surface area contributed by atoms with E-state index in [4.69, 9.17) is 16.3 Å². The van der Waals surface area contributed by atoms with Gasteiger partial charge in [-0.1, -0.05) is 11.6 Å². The Kier molecular flexibility index (Phi) is 7.41. The third-order valence-corrected chi connectivity index (χ3v) is 3.27. The van der Waals surface area contributed by atoms with Gasteiger partial charge in [-0.2, -0.15) is 0 Å². The highest BCUT2D eigenvalue weighted by atomic mass is 35.5. The fraction of sp³-hybridized carbons (Fsp3) is 0.533. The topological polar surface area (TPSA) is 38.8 Å². The van der Waals surface area contributed by atoms with Gasteiger partial charge in [-0.15, -0.1) is 0 Å². The monoisotopic (exact) mass is 299 g/mol. The molecule has 0 radical (unpaired) electrons. The Morgan fingerprint density at radius 2 is 1.90 bits per heavy atom. The van der Waals surface area contributed by atoms with Gasteiger partial charge >= 0.3 is 5.97 Å². The Morgan fingerprint density at radius 3 is 2.45 bits per heavy atom. The van der Waals surface area contributed by atoms with E-state index in [1.54, 1.807) is 12.1 Å². The van der Waals surface area contributed by atoms with E-state index in [1.165, 1.54) is 7.11 Å². The first kappa shape index (κ1) is 16.8. The summed E-state index contributed by atoms with van der Waals surface area (Å²) in [7, 11) is 1.41. The molecule has 0 aliphatic heterocycles. The van der Waals surface area contributed by atoms with Gasteiger partial charge in [0.05, 0.1) is 13.5 Å². The summed E-state index contributed by atoms with van der Waals surface area (Å²) in [5.74, 6) is 0.611. The van der Waals surface area contributed by atoms with Gasteiger partial charge in [-0.3, -0.25) is 9.69 Å². The molecule has 0 fully saturated rings. The predicted octanol–water partition coefficient (Wildman–Crippen LogP) is 2.99. The molecule has 0 unspecified atom stereocenters. The van der Waals surface area contributed by atoms with E-state index in [-0.39, 0.29) is 5.97 Å². The van der Waals surface area contributed by atoms with Crippen molar-refractivity contribution in [3.05, 3.63) is 29.3 Å². The molecule has 1 aromatic carbocycles. The molecule has 0 amide bonds. The fourth-order valence-corrected chi connectivity index (χ4v) is 1.90. The quantitative estimate of drug-likeness (QED) is 0.692. The number of hydrogen-bond acceptors (Lipinski definition) is 4. The van der Waals surface area contributed by atoms with Crippen LogP contribution in [0, 0.1) is 0 Å². The van der Waals surface area contributed by atoms with E-state index in [0.29, 0.717) is 30.6 Å². The molecular weight excluding hydrogens is 278 g/mol. The Morgan fingerprint density at radius 1 is 1.25 bits per heavy atom. The molecule has 112 valence electrons. The van der Waals surface area contributed by atoms with Gasteiger partial charge < -0.3 is 9.47 Å². The number of carbonyl (C=O) groups excluding carboxylic acids is 1. The van der Waals surface area contributed by atoms with E-state index in [9.17, 15) is 4.79 Å². The highest BCUT2D eigenvalue weighted by Crippen LogP contribution is 2.15. The molecule has 5 heteroatoms. The van der Waals surface area contributed by atoms with Gasteiger partial charge in [0, 0.05) is 24.2 Å². The summed E-state index contributed by atoms with van der Waals surface area (Å²) in [5, 5.41) is 0.694. The molecule has 0 aromatic heterocycles. The Hall–Kier alpha value is -1.26. The molecule has 20 heavy (non-hydrogen) atoms. The normalized spacial score (nSPS) is 10.9. The second-order valence-electron chi connectivity index (χ2n) is 4.76. The molecular formula is C15H22ClNO3. The van der Waals surface area contributed by atoms with Crippen LogP contribution in [0.3, 0.4) is 0 Å². The van der Waals surface area contributed by atoms with Gasteiger partial charge in [-0.25, -0.2) is 0 Å². The van der Waals surface area contributed by atoms with E-state index in [0.717, 1.165) is 12.3 Å². The summed E-state index contributed by atoms with van der Waals surface area (Å²) in [6.45, 7) is 6.20. The third-order valence-electron chi connectivity index (χ3n) is 3.02. The van der Waals surface area contributed by atoms with Crippen LogP contribution in [-0.2, 0) is 9.53 Å². The van der Waals surface area contributed by atoms with Crippen molar-refractivity contribution < 1.29 is 14.3 Å². The summed E-state index contributed by atoms with van der Waals surface area (Å²) in [5.41, 5.74) is 0. The Bertz CT molecular complexity index is 406. The molecule has 0 spiro atoms. The summed E-state index contributed by atoms with van der Waals surface area (Å²) >= 11 is 5.81. The standard InChI is InChI=1S/C15H22ClNO3/c1-12(2)17(9-8-15(18)19-3)10-11-20-14-6-4-13(16)5-7-14/h4-7,12H,8-11H2,1-3H3. The molecule has 4 nitrogen and oxygen atoms in total. The van der Waals surface area contributed by atoms with Crippen molar-refractivity contribution in [2.24, 2.45) is 0 Å². The van der Waals surface area contributed by atoms with E-state index in [2.05, 4.69) is 23.5 Å². The van der Waals surface area contributed by atoms with E-state index < -0.39 is 0 Å². The Balaban J connectivity index is 2.35. The van der Waals surface area contributed by atoms with Crippen LogP contribution in [0.15, 0.2) is 24.3 Å². The third kappa shape index (κ3) is 6.26. The summed E-state index contributed by atoms with van der Waals surface area (Å²) in [4.78, 5) is 13.4. The molecule has 0 saturated heterocycles. The van der Waals surface area contributed by atoms with Crippen molar-refractivity contribution in [2.45, 2.75) is 26.3 Å². The van der Waals surface area contributed by atoms with Gasteiger partial charge in [0.15, 0.2) is 0 Å². The lowest BCUT2D eigenvalue weighted by atomic mass is 10.3. The maximum Gasteiger partial charge on any atom is 0.306 e. The van der Waals surface area contributed by atoms with Crippen molar-refractivity contribution in [3.8, 4) is 5.75 Å². The first-order chi connectivity index (χ1) is 9.52. The zero-order chi connectivity index (χ0) is 15.0. The molecule has 1 rings (SSSR count). The minimum Gasteiger partial charge on any atom is -0.492 e. The van der Waals surface area contributed by atoms with Gasteiger partial charge in [0.1, 0.15) is 12.4 Å². The first-order valence-electron chi connectivity index (χ1n) is 6.72. The zero-order valence-corrected chi connectivity index (χ0v) is 13.0. The number of carbonyl (C=O) groups is 1. The van der Waals surface area contributed by atoms with Crippen LogP contribution >= 0.6 is 11.6 Å². The SMILES string of the molecule is COC(=O)CCN(CCOc1ccc(Cl)cc1)C(C)C. The number of esters is 1. The molecule has 0 aliphatic rings. The van der Waals surface area contributed by atoms with Crippen LogP contribution < -0.4 is 4.74 Å². The van der Waals surface area contributed by atoms with Crippen molar-refractivity contribution in [1.82, 2.24) is 4.90 Å². The number of methoxy groups -OCH3 is 1. The van der Waals surface area contributed by atoms with Crippen molar-refractivity contribution >= 4 is 17.6 Å². The average molecular weight is 300 g/mol. The average Bonchev–Trinajstić information content (AvgIpc) is 2.43. The molecule has 0 atom stereocenters. The lowest BCUT2D eigenvalue weighted by Crippen LogP contribution is -2.36. The molecule has 0 saturated carbocycles. The zero-order valence-electron chi connectivity index (χ0n) is 12.3. The largest absolute Gasteiger partial charge is 0.492 e. The summed E-state index contributed by atoms with van der Waals surface area (Å²) in [6, 6.07) is 7.64. The Labute approximate surface area is 125 Å². The smallest absolute Gasteiger partial charge is 0.306 e. The van der Waals surface area contributed by atoms with E-state index in [1.807, 2.05) is 12.1 Å². The summed E-state index contributed by atoms with van der Waals surface area (Å²) in [6.07, 6.45) is 0.398. The maximum atomic E-state index is 11.2. The highest BCUT2D eigenvalue weighted by molar-refractivity contribution is 6.30. The summed E-state index contributed by atoms with van der Waals surface area (Å²) < 4.78 is 10.3. The van der Waals surface area contributed by atoms with Crippen molar-refractivity contribution in [3.63, 3.8) is 0 Å². The predicted molar refractivity (Wildman–Crippen MR) is 80.3 cm³/mol. The minimum atomic E-state index is -0.186. The molecule has 1 aromatic rings. The molecule has 0 N–H and O–H groups in total. The van der Waals surface area contributed by atoms with Gasteiger partial charge in [-0.05, 0) is 38.1 Å². The molecule has 0 heterocycles. The van der Waals surface area contributed by atoms with Gasteiger partial charge in [0.25, 0.3) is 0 Å². The highest BCUT2D eigenvalue weighted by Gasteiger charge is 2.11. The number of halogens is 1. The number of hydrogen-bond donors (Lipinski definition) is 0. The molecule has 0 bridgehead atoms. The number of benzene rings is 1. The van der Waals surface area contributed by atoms with Gasteiger partial charge in [0.2, 0.25) is 0 Å². The van der Waals surface area contributed by atoms with Crippen LogP contribution in [0.25, 0.3) is 0 Å². The number of nitrogens with zero attached hydrogens (tertiary/aromatic N) is 1. The van der Waals surface area contributed by atoms with E-state index >= 15 is 0 Å². The van der Waals surface area contributed by atoms with Crippen LogP contribution in [-0.4, -0.2) is 43.7 Å². The fourth-order valence-electron chi connectivity index (χ4n) is 1.78. The number of ether oxygens (including phenoxy) is 2. The van der Waals surface area contributed by atoms with Crippen LogP contribution in [0.2, 0.25) is 5.02 Å². The second-order valence-corrected chi connectivity index (χ2v) is 5.19. The minimum absolute atomic E-state index is 0.186. The second kappa shape index (κ2) is 8.82. The van der Waals surface area contributed by atoms with Crippen molar-refractivity contribution in [1.29, 1.82) is 0 Å².